The Labute approximate surface area is 87.1 Å². The first-order valence-electron chi connectivity index (χ1n) is 3.77. The van der Waals surface area contributed by atoms with Crippen molar-refractivity contribution in [3.8, 4) is 0 Å². The second-order valence-electron chi connectivity index (χ2n) is 2.75. The van der Waals surface area contributed by atoms with Gasteiger partial charge in [-0.25, -0.2) is 0 Å². The zero-order valence-electron chi connectivity index (χ0n) is 6.76. The third-order valence-corrected chi connectivity index (χ3v) is 3.73. The summed E-state index contributed by atoms with van der Waals surface area (Å²) in [4.78, 5) is 0. The molecule has 1 aromatic carbocycles. The minimum absolute atomic E-state index is 0.447. The summed E-state index contributed by atoms with van der Waals surface area (Å²) in [5.41, 5.74) is 2.17. The van der Waals surface area contributed by atoms with Crippen LogP contribution in [0.15, 0.2) is 24.3 Å². The van der Waals surface area contributed by atoms with Crippen LogP contribution in [0.1, 0.15) is 11.1 Å². The van der Waals surface area contributed by atoms with Gasteiger partial charge in [0.25, 0.3) is 0 Å². The quantitative estimate of drug-likeness (QED) is 0.676. The molecule has 0 aliphatic carbocycles. The van der Waals surface area contributed by atoms with Gasteiger partial charge in [-0.2, -0.15) is 0 Å². The third-order valence-electron chi connectivity index (χ3n) is 1.76. The van der Waals surface area contributed by atoms with E-state index in [1.807, 2.05) is 24.3 Å². The molecule has 2 bridgehead atoms. The molecule has 0 unspecified atom stereocenters. The minimum atomic E-state index is -2.15. The Bertz CT molecular complexity index is 361. The molecule has 2 heterocycles. The highest BCUT2D eigenvalue weighted by Gasteiger charge is 2.07. The minimum Gasteiger partial charge on any atom is -0.285 e. The van der Waals surface area contributed by atoms with Crippen LogP contribution in [0.3, 0.4) is 0 Å². The number of fused-ring (bicyclic) bond motifs is 6. The van der Waals surface area contributed by atoms with Crippen molar-refractivity contribution < 1.29 is 8.37 Å². The SMILES string of the molecule is S=S1(=S)OCc2ccc(cc2)CO1. The van der Waals surface area contributed by atoms with Crippen LogP contribution in [0.25, 0.3) is 0 Å². The lowest BCUT2D eigenvalue weighted by atomic mass is 10.1. The largest absolute Gasteiger partial charge is 0.285 e. The molecule has 13 heavy (non-hydrogen) atoms. The standard InChI is InChI=1S/C8H8O2S3/c11-13(12)9-5-7-1-2-8(4-3-7)6-10-13/h1-4H,5-6H2. The number of rotatable bonds is 0. The first-order valence-corrected chi connectivity index (χ1v) is 7.11. The molecule has 0 fully saturated rings. The molecule has 0 amide bonds. The molecule has 1 aromatic rings. The predicted octanol–water partition coefficient (Wildman–Crippen LogP) is 1.64. The lowest BCUT2D eigenvalue weighted by Gasteiger charge is -2.08. The van der Waals surface area contributed by atoms with E-state index in [1.165, 1.54) is 0 Å². The van der Waals surface area contributed by atoms with E-state index in [1.54, 1.807) is 0 Å². The summed E-state index contributed by atoms with van der Waals surface area (Å²) in [7, 11) is -2.15. The van der Waals surface area contributed by atoms with Gasteiger partial charge < -0.3 is 0 Å². The first kappa shape index (κ1) is 9.48. The molecule has 2 aliphatic heterocycles. The van der Waals surface area contributed by atoms with Gasteiger partial charge in [0.15, 0.2) is 0 Å². The van der Waals surface area contributed by atoms with Gasteiger partial charge >= 0.3 is 0 Å². The summed E-state index contributed by atoms with van der Waals surface area (Å²) in [5, 5.41) is 0. The van der Waals surface area contributed by atoms with Crippen LogP contribution >= 0.6 is 0 Å². The highest BCUT2D eigenvalue weighted by atomic mass is 33.1. The predicted molar refractivity (Wildman–Crippen MR) is 58.1 cm³/mol. The van der Waals surface area contributed by atoms with Crippen LogP contribution in [-0.2, 0) is 51.7 Å². The summed E-state index contributed by atoms with van der Waals surface area (Å²) in [6.07, 6.45) is 0. The molecule has 3 rings (SSSR count). The normalized spacial score (nSPS) is 20.3. The third kappa shape index (κ3) is 2.45. The molecule has 2 aliphatic rings. The fourth-order valence-corrected chi connectivity index (χ4v) is 2.25. The van der Waals surface area contributed by atoms with Gasteiger partial charge in [0.2, 0.25) is 0 Å². The van der Waals surface area contributed by atoms with Crippen LogP contribution in [0.5, 0.6) is 0 Å². The Balaban J connectivity index is 2.36. The lowest BCUT2D eigenvalue weighted by molar-refractivity contribution is 0.266. The molecule has 0 spiro atoms. The lowest BCUT2D eigenvalue weighted by Crippen LogP contribution is -2.05. The molecule has 0 atom stereocenters. The molecule has 0 saturated carbocycles. The molecular formula is C8H8O2S3. The summed E-state index contributed by atoms with van der Waals surface area (Å²) in [5.74, 6) is 0. The molecule has 0 saturated heterocycles. The maximum Gasteiger partial charge on any atom is 0.138 e. The summed E-state index contributed by atoms with van der Waals surface area (Å²) in [6.45, 7) is 0.894. The topological polar surface area (TPSA) is 18.5 Å². The monoisotopic (exact) mass is 232 g/mol. The van der Waals surface area contributed by atoms with Gasteiger partial charge in [0, 0.05) is 22.4 Å². The van der Waals surface area contributed by atoms with Gasteiger partial charge in [-0.05, 0) is 11.1 Å². The van der Waals surface area contributed by atoms with E-state index >= 15 is 0 Å². The van der Waals surface area contributed by atoms with Gasteiger partial charge in [-0.1, -0.05) is 24.3 Å². The Morgan fingerprint density at radius 3 is 1.69 bits per heavy atom. The Morgan fingerprint density at radius 2 is 1.31 bits per heavy atom. The smallest absolute Gasteiger partial charge is 0.138 e. The number of hydrogen-bond donors (Lipinski definition) is 0. The van der Waals surface area contributed by atoms with E-state index in [-0.39, 0.29) is 0 Å². The van der Waals surface area contributed by atoms with E-state index in [4.69, 9.17) is 30.7 Å². The molecule has 0 aromatic heterocycles. The van der Waals surface area contributed by atoms with E-state index < -0.39 is 7.71 Å². The van der Waals surface area contributed by atoms with E-state index in [2.05, 4.69) is 0 Å². The van der Waals surface area contributed by atoms with Crippen molar-refractivity contribution in [2.45, 2.75) is 13.2 Å². The van der Waals surface area contributed by atoms with Crippen molar-refractivity contribution in [2.75, 3.05) is 0 Å². The second kappa shape index (κ2) is 3.59. The van der Waals surface area contributed by atoms with Gasteiger partial charge in [0.1, 0.15) is 7.71 Å². The summed E-state index contributed by atoms with van der Waals surface area (Å²) in [6, 6.07) is 8.02. The van der Waals surface area contributed by atoms with Crippen LogP contribution in [-0.4, -0.2) is 0 Å². The Morgan fingerprint density at radius 1 is 0.923 bits per heavy atom. The van der Waals surface area contributed by atoms with Gasteiger partial charge in [0.05, 0.1) is 13.2 Å². The highest BCUT2D eigenvalue weighted by molar-refractivity contribution is 8.51. The molecule has 70 valence electrons. The van der Waals surface area contributed by atoms with Crippen LogP contribution in [0, 0.1) is 0 Å². The molecule has 2 nitrogen and oxygen atoms in total. The maximum atomic E-state index is 5.32. The zero-order valence-corrected chi connectivity index (χ0v) is 9.21. The molecular weight excluding hydrogens is 224 g/mol. The zero-order chi connectivity index (χ0) is 9.31. The fourth-order valence-electron chi connectivity index (χ4n) is 1.05. The van der Waals surface area contributed by atoms with Gasteiger partial charge in [-0.3, -0.25) is 8.37 Å². The van der Waals surface area contributed by atoms with Crippen molar-refractivity contribution in [1.82, 2.24) is 0 Å². The van der Waals surface area contributed by atoms with Crippen LogP contribution < -0.4 is 0 Å². The second-order valence-corrected chi connectivity index (χ2v) is 7.30. The summed E-state index contributed by atoms with van der Waals surface area (Å²) >= 11 is 10.0. The van der Waals surface area contributed by atoms with Crippen LogP contribution in [0.2, 0.25) is 0 Å². The van der Waals surface area contributed by atoms with E-state index in [0.717, 1.165) is 11.1 Å². The Hall–Kier alpha value is -0.0700. The number of hydrogen-bond acceptors (Lipinski definition) is 4. The number of benzene rings is 1. The Kier molecular flexibility index (Phi) is 2.62. The average Bonchev–Trinajstić information content (AvgIpc) is 2.23. The van der Waals surface area contributed by atoms with E-state index in [0.29, 0.717) is 13.2 Å². The maximum absolute atomic E-state index is 5.32. The van der Waals surface area contributed by atoms with Crippen molar-refractivity contribution in [3.63, 3.8) is 0 Å². The first-order chi connectivity index (χ1) is 6.16. The van der Waals surface area contributed by atoms with Crippen molar-refractivity contribution in [2.24, 2.45) is 0 Å². The van der Waals surface area contributed by atoms with Crippen molar-refractivity contribution >= 4 is 30.1 Å². The van der Waals surface area contributed by atoms with E-state index in [9.17, 15) is 0 Å². The van der Waals surface area contributed by atoms with Crippen molar-refractivity contribution in [3.05, 3.63) is 35.4 Å². The van der Waals surface area contributed by atoms with Gasteiger partial charge in [-0.15, -0.1) is 0 Å². The van der Waals surface area contributed by atoms with Crippen molar-refractivity contribution in [1.29, 1.82) is 0 Å². The summed E-state index contributed by atoms with van der Waals surface area (Å²) < 4.78 is 10.6. The fraction of sp³-hybridized carbons (Fsp3) is 0.250. The molecule has 5 heteroatoms. The molecule has 0 N–H and O–H groups in total. The molecule has 0 radical (unpaired) electrons. The average molecular weight is 232 g/mol. The van der Waals surface area contributed by atoms with Crippen LogP contribution in [0.4, 0.5) is 0 Å². The highest BCUT2D eigenvalue weighted by Crippen LogP contribution is 2.14.